The van der Waals surface area contributed by atoms with E-state index in [1.807, 2.05) is 38.1 Å². The van der Waals surface area contributed by atoms with E-state index in [2.05, 4.69) is 35.8 Å². The van der Waals surface area contributed by atoms with Gasteiger partial charge in [0.1, 0.15) is 10.8 Å². The van der Waals surface area contributed by atoms with E-state index in [4.69, 9.17) is 0 Å². The Morgan fingerprint density at radius 2 is 1.96 bits per heavy atom. The van der Waals surface area contributed by atoms with Crippen LogP contribution in [0.5, 0.6) is 0 Å². The summed E-state index contributed by atoms with van der Waals surface area (Å²) in [5.41, 5.74) is 0.806. The first-order valence-electron chi connectivity index (χ1n) is 9.00. The fraction of sp³-hybridized carbons (Fsp3) is 0.333. The predicted octanol–water partition coefficient (Wildman–Crippen LogP) is 3.84. The van der Waals surface area contributed by atoms with E-state index in [9.17, 15) is 4.79 Å². The highest BCUT2D eigenvalue weighted by Gasteiger charge is 2.29. The van der Waals surface area contributed by atoms with Crippen molar-refractivity contribution in [3.05, 3.63) is 35.1 Å². The molecule has 1 saturated carbocycles. The second kappa shape index (κ2) is 8.19. The maximum Gasteiger partial charge on any atom is 0.233 e. The molecule has 0 saturated heterocycles. The maximum atomic E-state index is 11.9. The van der Waals surface area contributed by atoms with Crippen molar-refractivity contribution in [2.75, 3.05) is 10.6 Å². The molecule has 10 heteroatoms. The summed E-state index contributed by atoms with van der Waals surface area (Å²) >= 11 is 2.89. The van der Waals surface area contributed by atoms with E-state index in [1.165, 1.54) is 23.1 Å². The average Bonchev–Trinajstić information content (AvgIpc) is 3.46. The monoisotopic (exact) mass is 413 g/mol. The third-order valence-corrected chi connectivity index (χ3v) is 5.63. The minimum Gasteiger partial charge on any atom is -0.326 e. The number of aromatic nitrogens is 5. The molecule has 1 fully saturated rings. The highest BCUT2D eigenvalue weighted by molar-refractivity contribution is 7.99. The number of carbonyl (C=O) groups is 1. The normalized spacial score (nSPS) is 13.4. The van der Waals surface area contributed by atoms with Gasteiger partial charge in [-0.05, 0) is 55.8 Å². The van der Waals surface area contributed by atoms with Crippen LogP contribution in [0.1, 0.15) is 30.6 Å². The van der Waals surface area contributed by atoms with Gasteiger partial charge in [-0.15, -0.1) is 10.2 Å². The zero-order valence-electron chi connectivity index (χ0n) is 15.5. The molecule has 1 aliphatic carbocycles. The Hall–Kier alpha value is -2.59. The molecule has 4 rings (SSSR count). The predicted molar refractivity (Wildman–Crippen MR) is 109 cm³/mol. The molecule has 2 heterocycles. The molecule has 1 aromatic carbocycles. The van der Waals surface area contributed by atoms with Gasteiger partial charge in [0.15, 0.2) is 5.16 Å². The van der Waals surface area contributed by atoms with Crippen molar-refractivity contribution < 1.29 is 4.79 Å². The zero-order chi connectivity index (χ0) is 19.5. The molecule has 0 radical (unpaired) electrons. The average molecular weight is 414 g/mol. The number of nitrogens with one attached hydrogen (secondary N) is 2. The molecule has 8 nitrogen and oxygen atoms in total. The minimum atomic E-state index is 0.105. The summed E-state index contributed by atoms with van der Waals surface area (Å²) in [6.45, 7) is 3.89. The van der Waals surface area contributed by atoms with E-state index in [-0.39, 0.29) is 11.8 Å². The second-order valence-corrected chi connectivity index (χ2v) is 8.57. The highest BCUT2D eigenvalue weighted by Crippen LogP contribution is 2.31. The molecule has 1 aliphatic rings. The Morgan fingerprint density at radius 1 is 1.18 bits per heavy atom. The molecule has 0 spiro atoms. The van der Waals surface area contributed by atoms with Gasteiger partial charge in [-0.2, -0.15) is 9.97 Å². The lowest BCUT2D eigenvalue weighted by molar-refractivity contribution is -0.117. The van der Waals surface area contributed by atoms with Crippen LogP contribution in [0.25, 0.3) is 0 Å². The van der Waals surface area contributed by atoms with Gasteiger partial charge in [0.2, 0.25) is 17.0 Å². The van der Waals surface area contributed by atoms with Gasteiger partial charge < -0.3 is 5.32 Å². The van der Waals surface area contributed by atoms with E-state index < -0.39 is 0 Å². The summed E-state index contributed by atoms with van der Waals surface area (Å²) in [7, 11) is 0. The first-order chi connectivity index (χ1) is 13.6. The van der Waals surface area contributed by atoms with Crippen molar-refractivity contribution in [3.63, 3.8) is 0 Å². The SMILES string of the molecule is CCc1nc(Nc2nnc(C)s2)nc(Sc2ccc(NC(=O)C3CC3)cc2)n1. The van der Waals surface area contributed by atoms with Crippen molar-refractivity contribution in [2.24, 2.45) is 5.92 Å². The summed E-state index contributed by atoms with van der Waals surface area (Å²) < 4.78 is 0. The van der Waals surface area contributed by atoms with E-state index >= 15 is 0 Å². The third kappa shape index (κ3) is 4.82. The lowest BCUT2D eigenvalue weighted by Crippen LogP contribution is -2.12. The first kappa shape index (κ1) is 18.8. The van der Waals surface area contributed by atoms with Gasteiger partial charge in [-0.25, -0.2) is 4.98 Å². The number of benzene rings is 1. The topological polar surface area (TPSA) is 106 Å². The molecular weight excluding hydrogens is 394 g/mol. The van der Waals surface area contributed by atoms with Gasteiger partial charge in [0.05, 0.1) is 0 Å². The summed E-state index contributed by atoms with van der Waals surface area (Å²) in [5, 5.41) is 16.2. The number of carbonyl (C=O) groups excluding carboxylic acids is 1. The number of rotatable bonds is 7. The second-order valence-electron chi connectivity index (χ2n) is 6.35. The fourth-order valence-corrected chi connectivity index (χ4v) is 3.75. The van der Waals surface area contributed by atoms with Crippen LogP contribution in [0, 0.1) is 12.8 Å². The van der Waals surface area contributed by atoms with Crippen LogP contribution >= 0.6 is 23.1 Å². The van der Waals surface area contributed by atoms with E-state index in [1.54, 1.807) is 0 Å². The molecular formula is C18H19N7OS2. The molecule has 3 aromatic rings. The smallest absolute Gasteiger partial charge is 0.233 e. The third-order valence-electron chi connectivity index (χ3n) is 4.00. The zero-order valence-corrected chi connectivity index (χ0v) is 17.1. The number of hydrogen-bond acceptors (Lipinski definition) is 9. The van der Waals surface area contributed by atoms with Crippen LogP contribution in [0.4, 0.5) is 16.8 Å². The van der Waals surface area contributed by atoms with Crippen LogP contribution in [-0.2, 0) is 11.2 Å². The van der Waals surface area contributed by atoms with Crippen LogP contribution < -0.4 is 10.6 Å². The van der Waals surface area contributed by atoms with Gasteiger partial charge in [0.25, 0.3) is 0 Å². The van der Waals surface area contributed by atoms with Gasteiger partial charge in [0, 0.05) is 22.9 Å². The molecule has 2 aromatic heterocycles. The van der Waals surface area contributed by atoms with Gasteiger partial charge >= 0.3 is 0 Å². The molecule has 1 amide bonds. The number of amides is 1. The van der Waals surface area contributed by atoms with Crippen LogP contribution in [0.3, 0.4) is 0 Å². The first-order valence-corrected chi connectivity index (χ1v) is 10.6. The number of aryl methyl sites for hydroxylation is 2. The lowest BCUT2D eigenvalue weighted by Gasteiger charge is -2.07. The van der Waals surface area contributed by atoms with Crippen molar-refractivity contribution in [1.29, 1.82) is 0 Å². The Balaban J connectivity index is 1.47. The molecule has 0 atom stereocenters. The molecule has 28 heavy (non-hydrogen) atoms. The minimum absolute atomic E-state index is 0.105. The Labute approximate surface area is 170 Å². The highest BCUT2D eigenvalue weighted by atomic mass is 32.2. The molecule has 144 valence electrons. The maximum absolute atomic E-state index is 11.9. The molecule has 0 unspecified atom stereocenters. The summed E-state index contributed by atoms with van der Waals surface area (Å²) in [6, 6.07) is 7.69. The van der Waals surface area contributed by atoms with Crippen LogP contribution in [-0.4, -0.2) is 31.1 Å². The summed E-state index contributed by atoms with van der Waals surface area (Å²) in [4.78, 5) is 26.2. The number of anilines is 3. The van der Waals surface area contributed by atoms with Crippen molar-refractivity contribution >= 4 is 45.8 Å². The van der Waals surface area contributed by atoms with Crippen LogP contribution in [0.15, 0.2) is 34.3 Å². The van der Waals surface area contributed by atoms with E-state index in [0.29, 0.717) is 28.5 Å². The molecule has 0 bridgehead atoms. The quantitative estimate of drug-likeness (QED) is 0.602. The Kier molecular flexibility index (Phi) is 5.49. The van der Waals surface area contributed by atoms with Crippen molar-refractivity contribution in [1.82, 2.24) is 25.1 Å². The van der Waals surface area contributed by atoms with Gasteiger partial charge in [-0.3, -0.25) is 10.1 Å². The van der Waals surface area contributed by atoms with Crippen molar-refractivity contribution in [3.8, 4) is 0 Å². The fourth-order valence-electron chi connectivity index (χ4n) is 2.40. The molecule has 0 aliphatic heterocycles. The Morgan fingerprint density at radius 3 is 2.61 bits per heavy atom. The summed E-state index contributed by atoms with van der Waals surface area (Å²) in [5.74, 6) is 1.45. The lowest BCUT2D eigenvalue weighted by atomic mass is 10.3. The summed E-state index contributed by atoms with van der Waals surface area (Å²) in [6.07, 6.45) is 2.68. The largest absolute Gasteiger partial charge is 0.326 e. The number of hydrogen-bond donors (Lipinski definition) is 2. The van der Waals surface area contributed by atoms with Crippen LogP contribution in [0.2, 0.25) is 0 Å². The standard InChI is InChI=1S/C18H19N7OS2/c1-3-14-20-16(23-18-25-24-10(2)27-18)22-17(21-14)28-13-8-6-12(7-9-13)19-15(26)11-4-5-11/h6-9,11H,3-5H2,1-2H3,(H,19,26)(H,20,21,22,23,25). The van der Waals surface area contributed by atoms with E-state index in [0.717, 1.165) is 28.4 Å². The molecule has 2 N–H and O–H groups in total. The Bertz CT molecular complexity index is 986. The number of nitrogens with zero attached hydrogens (tertiary/aromatic N) is 5. The van der Waals surface area contributed by atoms with Gasteiger partial charge in [-0.1, -0.05) is 18.3 Å². The van der Waals surface area contributed by atoms with Crippen molar-refractivity contribution in [2.45, 2.75) is 43.2 Å².